The van der Waals surface area contributed by atoms with Crippen LogP contribution in [0.2, 0.25) is 0 Å². The Morgan fingerprint density at radius 2 is 2.09 bits per heavy atom. The van der Waals surface area contributed by atoms with Gasteiger partial charge in [0.05, 0.1) is 23.7 Å². The average molecular weight is 460 g/mol. The maximum Gasteiger partial charge on any atom is 0.322 e. The third kappa shape index (κ3) is 6.75. The number of benzene rings is 1. The van der Waals surface area contributed by atoms with Crippen molar-refractivity contribution in [1.29, 1.82) is 0 Å². The van der Waals surface area contributed by atoms with Crippen LogP contribution in [0, 0.1) is 5.82 Å². The van der Waals surface area contributed by atoms with Crippen molar-refractivity contribution in [3.63, 3.8) is 0 Å². The zero-order valence-corrected chi connectivity index (χ0v) is 19.9. The number of H-pyrrole nitrogens is 1. The zero-order chi connectivity index (χ0) is 23.8. The average Bonchev–Trinajstić information content (AvgIpc) is 3.26. The lowest BCUT2D eigenvalue weighted by Gasteiger charge is -2.27. The molecular formula is C23H34FN7O2. The van der Waals surface area contributed by atoms with Crippen molar-refractivity contribution in [3.05, 3.63) is 35.4 Å². The summed E-state index contributed by atoms with van der Waals surface area (Å²) in [4.78, 5) is 21.0. The lowest BCUT2D eigenvalue weighted by atomic mass is 10.1. The third-order valence-corrected chi connectivity index (χ3v) is 5.44. The maximum atomic E-state index is 14.7. The minimum atomic E-state index is -0.446. The molecule has 1 aromatic carbocycles. The largest absolute Gasteiger partial charge is 0.490 e. The van der Waals surface area contributed by atoms with E-state index in [0.717, 1.165) is 31.6 Å². The van der Waals surface area contributed by atoms with Crippen molar-refractivity contribution in [2.45, 2.75) is 26.7 Å². The van der Waals surface area contributed by atoms with E-state index in [1.54, 1.807) is 24.1 Å². The number of carbonyl (C=O) groups is 1. The Labute approximate surface area is 194 Å². The summed E-state index contributed by atoms with van der Waals surface area (Å²) in [5, 5.41) is 13.2. The van der Waals surface area contributed by atoms with Crippen molar-refractivity contribution in [3.8, 4) is 5.75 Å². The molecule has 2 amide bonds. The molecular weight excluding hydrogens is 425 g/mol. The number of ether oxygens (including phenoxy) is 1. The normalized spacial score (nSPS) is 14.6. The highest BCUT2D eigenvalue weighted by atomic mass is 19.1. The molecule has 0 atom stereocenters. The summed E-state index contributed by atoms with van der Waals surface area (Å²) in [5.74, 6) is -0.205. The molecule has 0 saturated carbocycles. The van der Waals surface area contributed by atoms with Gasteiger partial charge in [0.25, 0.3) is 0 Å². The van der Waals surface area contributed by atoms with Gasteiger partial charge < -0.3 is 25.2 Å². The van der Waals surface area contributed by atoms with Gasteiger partial charge in [-0.15, -0.1) is 0 Å². The first-order valence-electron chi connectivity index (χ1n) is 11.3. The van der Waals surface area contributed by atoms with E-state index in [9.17, 15) is 9.18 Å². The molecule has 9 nitrogen and oxygen atoms in total. The molecule has 0 radical (unpaired) electrons. The Morgan fingerprint density at radius 3 is 2.79 bits per heavy atom. The lowest BCUT2D eigenvalue weighted by molar-refractivity contribution is 0.204. The van der Waals surface area contributed by atoms with Gasteiger partial charge in [0.15, 0.2) is 11.6 Å². The van der Waals surface area contributed by atoms with Crippen LogP contribution in [0.5, 0.6) is 5.75 Å². The van der Waals surface area contributed by atoms with Crippen LogP contribution in [0.15, 0.2) is 23.3 Å². The number of hydrogen-bond acceptors (Lipinski definition) is 6. The molecule has 0 unspecified atom stereocenters. The van der Waals surface area contributed by atoms with Gasteiger partial charge in [-0.05, 0) is 45.5 Å². The fourth-order valence-corrected chi connectivity index (χ4v) is 3.60. The highest BCUT2D eigenvalue weighted by molar-refractivity contribution is 6.05. The predicted octanol–water partition coefficient (Wildman–Crippen LogP) is 3.02. The Bertz CT molecular complexity index is 968. The number of halogens is 1. The van der Waals surface area contributed by atoms with Crippen LogP contribution in [0.3, 0.4) is 0 Å². The number of amides is 2. The summed E-state index contributed by atoms with van der Waals surface area (Å²) in [5.41, 5.74) is 3.03. The number of nitrogens with zero attached hydrogens (tertiary/aromatic N) is 4. The van der Waals surface area contributed by atoms with Crippen molar-refractivity contribution in [2.24, 2.45) is 4.99 Å². The number of anilines is 1. The summed E-state index contributed by atoms with van der Waals surface area (Å²) in [6.07, 6.45) is 3.11. The fraction of sp³-hybridized carbons (Fsp3) is 0.522. The predicted molar refractivity (Wildman–Crippen MR) is 128 cm³/mol. The van der Waals surface area contributed by atoms with E-state index in [1.165, 1.54) is 6.07 Å². The molecule has 33 heavy (non-hydrogen) atoms. The van der Waals surface area contributed by atoms with E-state index in [1.807, 2.05) is 21.0 Å². The molecule has 0 aliphatic carbocycles. The Hall–Kier alpha value is -2.98. The molecule has 10 heteroatoms. The number of urea groups is 1. The Balaban J connectivity index is 1.74. The lowest BCUT2D eigenvalue weighted by Crippen LogP contribution is -2.48. The van der Waals surface area contributed by atoms with Crippen molar-refractivity contribution in [1.82, 2.24) is 25.3 Å². The molecule has 180 valence electrons. The quantitative estimate of drug-likeness (QED) is 0.396. The monoisotopic (exact) mass is 459 g/mol. The Kier molecular flexibility index (Phi) is 8.79. The van der Waals surface area contributed by atoms with Crippen LogP contribution in [0.4, 0.5) is 20.6 Å². The van der Waals surface area contributed by atoms with Crippen LogP contribution in [0.1, 0.15) is 31.5 Å². The third-order valence-electron chi connectivity index (χ3n) is 5.44. The van der Waals surface area contributed by atoms with Crippen molar-refractivity contribution in [2.75, 3.05) is 58.7 Å². The number of nitrogens with one attached hydrogen (secondary N) is 3. The van der Waals surface area contributed by atoms with E-state index < -0.39 is 5.82 Å². The Morgan fingerprint density at radius 1 is 1.33 bits per heavy atom. The van der Waals surface area contributed by atoms with Gasteiger partial charge in [0.1, 0.15) is 5.69 Å². The summed E-state index contributed by atoms with van der Waals surface area (Å²) >= 11 is 0. The second-order valence-corrected chi connectivity index (χ2v) is 8.28. The van der Waals surface area contributed by atoms with Gasteiger partial charge in [0.2, 0.25) is 0 Å². The molecule has 1 aliphatic heterocycles. The molecule has 3 rings (SSSR count). The molecule has 0 bridgehead atoms. The number of carbonyl (C=O) groups excluding carboxylic acids is 1. The van der Waals surface area contributed by atoms with Crippen molar-refractivity contribution >= 4 is 23.1 Å². The van der Waals surface area contributed by atoms with Crippen LogP contribution < -0.4 is 15.4 Å². The molecule has 1 aliphatic rings. The van der Waals surface area contributed by atoms with Crippen molar-refractivity contribution < 1.29 is 13.9 Å². The van der Waals surface area contributed by atoms with Gasteiger partial charge in [-0.2, -0.15) is 5.10 Å². The molecule has 2 heterocycles. The van der Waals surface area contributed by atoms with Gasteiger partial charge >= 0.3 is 6.03 Å². The van der Waals surface area contributed by atoms with Crippen LogP contribution >= 0.6 is 0 Å². The highest BCUT2D eigenvalue weighted by Gasteiger charge is 2.19. The highest BCUT2D eigenvalue weighted by Crippen LogP contribution is 2.30. The summed E-state index contributed by atoms with van der Waals surface area (Å²) in [6.45, 7) is 7.94. The zero-order valence-electron chi connectivity index (χ0n) is 19.9. The number of aromatic nitrogens is 2. The molecule has 2 aromatic rings. The number of piperazine rings is 1. The van der Waals surface area contributed by atoms with Crippen LogP contribution in [-0.2, 0) is 6.42 Å². The SMILES string of the molecule is CCc1cc(OCCCN(C)C)c(F)cc1/N=C(\C)c1n[nH]cc1NC(=O)N1CCNCC1. The molecule has 1 saturated heterocycles. The van der Waals surface area contributed by atoms with Gasteiger partial charge in [-0.25, -0.2) is 9.18 Å². The number of aliphatic imine (C=N–C) groups is 1. The van der Waals surface area contributed by atoms with Crippen LogP contribution in [0.25, 0.3) is 0 Å². The topological polar surface area (TPSA) is 97.9 Å². The molecule has 3 N–H and O–H groups in total. The number of aromatic amines is 1. The second kappa shape index (κ2) is 11.8. The second-order valence-electron chi connectivity index (χ2n) is 8.28. The molecule has 1 aromatic heterocycles. The first-order valence-corrected chi connectivity index (χ1v) is 11.3. The number of aryl methyl sites for hydroxylation is 1. The van der Waals surface area contributed by atoms with E-state index in [4.69, 9.17) is 4.74 Å². The van der Waals surface area contributed by atoms with Gasteiger partial charge in [0, 0.05) is 45.0 Å². The smallest absolute Gasteiger partial charge is 0.322 e. The minimum absolute atomic E-state index is 0.178. The summed E-state index contributed by atoms with van der Waals surface area (Å²) in [7, 11) is 3.98. The van der Waals surface area contributed by atoms with Gasteiger partial charge in [-0.1, -0.05) is 6.92 Å². The first-order chi connectivity index (χ1) is 15.9. The van der Waals surface area contributed by atoms with E-state index >= 15 is 0 Å². The minimum Gasteiger partial charge on any atom is -0.490 e. The standard InChI is InChI=1S/C23H34FN7O2/c1-5-17-13-21(33-12-6-9-30(3)4)18(24)14-19(17)27-16(2)22-20(15-26-29-22)28-23(32)31-10-7-25-8-11-31/h13-15,25H,5-12H2,1-4H3,(H,26,29)(H,28,32)/b27-16+. The molecule has 0 spiro atoms. The van der Waals surface area contributed by atoms with E-state index in [-0.39, 0.29) is 11.8 Å². The molecule has 1 fully saturated rings. The number of rotatable bonds is 9. The number of hydrogen-bond donors (Lipinski definition) is 3. The van der Waals surface area contributed by atoms with E-state index in [0.29, 0.717) is 48.9 Å². The van der Waals surface area contributed by atoms with Gasteiger partial charge in [-0.3, -0.25) is 10.1 Å². The summed E-state index contributed by atoms with van der Waals surface area (Å²) < 4.78 is 20.4. The van der Waals surface area contributed by atoms with Crippen LogP contribution in [-0.4, -0.2) is 85.2 Å². The fourth-order valence-electron chi connectivity index (χ4n) is 3.60. The first kappa shape index (κ1) is 24.7. The summed E-state index contributed by atoms with van der Waals surface area (Å²) in [6, 6.07) is 2.94. The van der Waals surface area contributed by atoms with E-state index in [2.05, 4.69) is 30.7 Å². The maximum absolute atomic E-state index is 14.7.